The van der Waals surface area contributed by atoms with Crippen LogP contribution in [0.2, 0.25) is 5.02 Å². The summed E-state index contributed by atoms with van der Waals surface area (Å²) in [5.74, 6) is 0.949. The number of aryl methyl sites for hydroxylation is 1. The number of ether oxygens (including phenoxy) is 1. The van der Waals surface area contributed by atoms with E-state index < -0.39 is 0 Å². The number of hydrogen-bond acceptors (Lipinski definition) is 2. The van der Waals surface area contributed by atoms with Crippen LogP contribution in [-0.2, 0) is 6.42 Å². The molecule has 0 fully saturated rings. The molecule has 2 rings (SSSR count). The van der Waals surface area contributed by atoms with Crippen LogP contribution in [0.15, 0.2) is 12.1 Å². The van der Waals surface area contributed by atoms with Gasteiger partial charge in [0.05, 0.1) is 11.6 Å². The lowest BCUT2D eigenvalue weighted by molar-refractivity contribution is 0.287. The Morgan fingerprint density at radius 3 is 3.08 bits per heavy atom. The van der Waals surface area contributed by atoms with Gasteiger partial charge >= 0.3 is 0 Å². The molecule has 1 aromatic rings. The second-order valence-corrected chi connectivity index (χ2v) is 3.27. The molecule has 2 nitrogen and oxygen atoms in total. The monoisotopic (exact) mass is 184 g/mol. The quantitative estimate of drug-likeness (QED) is 0.671. The van der Waals surface area contributed by atoms with E-state index in [1.165, 1.54) is 0 Å². The molecule has 0 atom stereocenters. The average Bonchev–Trinajstić information content (AvgIpc) is 2.07. The molecule has 1 aliphatic rings. The zero-order chi connectivity index (χ0) is 8.55. The molecule has 0 spiro atoms. The van der Waals surface area contributed by atoms with Crippen LogP contribution in [0.25, 0.3) is 0 Å². The van der Waals surface area contributed by atoms with E-state index >= 15 is 0 Å². The molecule has 0 radical (unpaired) electrons. The molecule has 12 heavy (non-hydrogen) atoms. The van der Waals surface area contributed by atoms with Crippen molar-refractivity contribution in [1.29, 1.82) is 0 Å². The number of benzene rings is 1. The Morgan fingerprint density at radius 2 is 2.25 bits per heavy atom. The summed E-state index contributed by atoms with van der Waals surface area (Å²) < 4.78 is 5.36. The molecule has 0 amide bonds. The largest absolute Gasteiger partial charge is 0.506 e. The minimum absolute atomic E-state index is 0.140. The number of hydrogen-bond donors (Lipinski definition) is 1. The van der Waals surface area contributed by atoms with Gasteiger partial charge in [-0.05, 0) is 24.5 Å². The second kappa shape index (κ2) is 2.87. The fraction of sp³-hybridized carbons (Fsp3) is 0.333. The van der Waals surface area contributed by atoms with Crippen molar-refractivity contribution >= 4 is 11.6 Å². The van der Waals surface area contributed by atoms with Gasteiger partial charge in [-0.1, -0.05) is 11.6 Å². The third kappa shape index (κ3) is 1.23. The van der Waals surface area contributed by atoms with Crippen molar-refractivity contribution in [3.63, 3.8) is 0 Å². The molecule has 0 unspecified atom stereocenters. The van der Waals surface area contributed by atoms with Gasteiger partial charge in [-0.15, -0.1) is 0 Å². The summed E-state index contributed by atoms with van der Waals surface area (Å²) >= 11 is 5.72. The van der Waals surface area contributed by atoms with Crippen molar-refractivity contribution in [2.45, 2.75) is 12.8 Å². The van der Waals surface area contributed by atoms with Crippen LogP contribution >= 0.6 is 11.6 Å². The van der Waals surface area contributed by atoms with Crippen molar-refractivity contribution in [3.8, 4) is 11.5 Å². The van der Waals surface area contributed by atoms with Gasteiger partial charge in [0, 0.05) is 6.07 Å². The molecular weight excluding hydrogens is 176 g/mol. The zero-order valence-corrected chi connectivity index (χ0v) is 7.27. The van der Waals surface area contributed by atoms with E-state index in [-0.39, 0.29) is 5.75 Å². The minimum Gasteiger partial charge on any atom is -0.506 e. The van der Waals surface area contributed by atoms with Crippen LogP contribution in [0.3, 0.4) is 0 Å². The first-order chi connectivity index (χ1) is 5.77. The highest BCUT2D eigenvalue weighted by atomic mass is 35.5. The van der Waals surface area contributed by atoms with Crippen molar-refractivity contribution in [1.82, 2.24) is 0 Å². The molecule has 0 saturated carbocycles. The van der Waals surface area contributed by atoms with E-state index in [4.69, 9.17) is 16.3 Å². The van der Waals surface area contributed by atoms with Gasteiger partial charge in [0.25, 0.3) is 0 Å². The summed E-state index contributed by atoms with van der Waals surface area (Å²) in [6, 6.07) is 3.35. The molecule has 3 heteroatoms. The van der Waals surface area contributed by atoms with Crippen molar-refractivity contribution in [2.24, 2.45) is 0 Å². The van der Waals surface area contributed by atoms with Crippen LogP contribution in [-0.4, -0.2) is 11.7 Å². The summed E-state index contributed by atoms with van der Waals surface area (Å²) in [5, 5.41) is 9.64. The molecule has 0 aliphatic carbocycles. The van der Waals surface area contributed by atoms with Gasteiger partial charge in [0.1, 0.15) is 11.5 Å². The Kier molecular flexibility index (Phi) is 1.85. The number of halogens is 1. The Hall–Kier alpha value is -0.890. The lowest BCUT2D eigenvalue weighted by Gasteiger charge is -2.17. The predicted molar refractivity (Wildman–Crippen MR) is 46.9 cm³/mol. The number of rotatable bonds is 0. The maximum Gasteiger partial charge on any atom is 0.134 e. The molecule has 1 heterocycles. The first kappa shape index (κ1) is 7.74. The van der Waals surface area contributed by atoms with E-state index in [1.54, 1.807) is 12.1 Å². The smallest absolute Gasteiger partial charge is 0.134 e. The Morgan fingerprint density at radius 1 is 1.42 bits per heavy atom. The highest BCUT2D eigenvalue weighted by molar-refractivity contribution is 6.32. The fourth-order valence-electron chi connectivity index (χ4n) is 1.36. The Balaban J connectivity index is 2.49. The maximum absolute atomic E-state index is 9.29. The summed E-state index contributed by atoms with van der Waals surface area (Å²) in [6.45, 7) is 0.744. The van der Waals surface area contributed by atoms with E-state index in [9.17, 15) is 5.11 Å². The number of phenols is 1. The van der Waals surface area contributed by atoms with Crippen molar-refractivity contribution < 1.29 is 9.84 Å². The highest BCUT2D eigenvalue weighted by Crippen LogP contribution is 2.34. The Bertz CT molecular complexity index is 279. The summed E-state index contributed by atoms with van der Waals surface area (Å²) in [7, 11) is 0. The average molecular weight is 185 g/mol. The normalized spacial score (nSPS) is 15.1. The summed E-state index contributed by atoms with van der Waals surface area (Å²) in [5.41, 5.74) is 1.04. The Labute approximate surface area is 75.7 Å². The molecule has 0 bridgehead atoms. The van der Waals surface area contributed by atoms with Gasteiger partial charge in [0.15, 0.2) is 0 Å². The first-order valence-corrected chi connectivity index (χ1v) is 4.29. The number of aromatic hydroxyl groups is 1. The summed E-state index contributed by atoms with van der Waals surface area (Å²) in [6.07, 6.45) is 1.97. The summed E-state index contributed by atoms with van der Waals surface area (Å²) in [4.78, 5) is 0. The molecule has 1 N–H and O–H groups in total. The molecular formula is C9H9ClO2. The molecule has 0 saturated heterocycles. The van der Waals surface area contributed by atoms with Crippen LogP contribution in [0.4, 0.5) is 0 Å². The van der Waals surface area contributed by atoms with Crippen LogP contribution in [0.5, 0.6) is 11.5 Å². The zero-order valence-electron chi connectivity index (χ0n) is 6.51. The van der Waals surface area contributed by atoms with Crippen molar-refractivity contribution in [2.75, 3.05) is 6.61 Å². The van der Waals surface area contributed by atoms with Crippen LogP contribution < -0.4 is 4.74 Å². The van der Waals surface area contributed by atoms with E-state index in [2.05, 4.69) is 0 Å². The van der Waals surface area contributed by atoms with Gasteiger partial charge in [0.2, 0.25) is 0 Å². The van der Waals surface area contributed by atoms with E-state index in [0.717, 1.165) is 30.8 Å². The van der Waals surface area contributed by atoms with Gasteiger partial charge < -0.3 is 9.84 Å². The van der Waals surface area contributed by atoms with Gasteiger partial charge in [-0.2, -0.15) is 0 Å². The molecule has 1 aromatic carbocycles. The van der Waals surface area contributed by atoms with E-state index in [1.807, 2.05) is 0 Å². The predicted octanol–water partition coefficient (Wildman–Crippen LogP) is 2.37. The van der Waals surface area contributed by atoms with E-state index in [0.29, 0.717) is 5.02 Å². The third-order valence-electron chi connectivity index (χ3n) is 1.98. The van der Waals surface area contributed by atoms with Crippen LogP contribution in [0.1, 0.15) is 12.0 Å². The van der Waals surface area contributed by atoms with Crippen molar-refractivity contribution in [3.05, 3.63) is 22.7 Å². The molecule has 64 valence electrons. The topological polar surface area (TPSA) is 29.5 Å². The standard InChI is InChI=1S/C9H9ClO2/c10-7-5-9-6(4-8(7)11)2-1-3-12-9/h4-5,11H,1-3H2. The number of fused-ring (bicyclic) bond motifs is 1. The third-order valence-corrected chi connectivity index (χ3v) is 2.28. The SMILES string of the molecule is Oc1cc2c(cc1Cl)OCCC2. The van der Waals surface area contributed by atoms with Crippen LogP contribution in [0, 0.1) is 0 Å². The molecule has 0 aromatic heterocycles. The highest BCUT2D eigenvalue weighted by Gasteiger charge is 2.12. The fourth-order valence-corrected chi connectivity index (χ4v) is 1.51. The van der Waals surface area contributed by atoms with Gasteiger partial charge in [-0.3, -0.25) is 0 Å². The maximum atomic E-state index is 9.29. The lowest BCUT2D eigenvalue weighted by Crippen LogP contribution is -2.07. The molecule has 1 aliphatic heterocycles. The number of phenolic OH excluding ortho intramolecular Hbond substituents is 1. The van der Waals surface area contributed by atoms with Gasteiger partial charge in [-0.25, -0.2) is 0 Å². The lowest BCUT2D eigenvalue weighted by atomic mass is 10.1. The minimum atomic E-state index is 0.140. The second-order valence-electron chi connectivity index (χ2n) is 2.86. The first-order valence-electron chi connectivity index (χ1n) is 3.91.